The highest BCUT2D eigenvalue weighted by atomic mass is 16.5. The van der Waals surface area contributed by atoms with Gasteiger partial charge in [-0.1, -0.05) is 30.8 Å². The van der Waals surface area contributed by atoms with E-state index in [1.807, 2.05) is 0 Å². The first-order chi connectivity index (χ1) is 8.43. The van der Waals surface area contributed by atoms with Crippen LogP contribution in [-0.4, -0.2) is 25.3 Å². The van der Waals surface area contributed by atoms with Crippen LogP contribution in [0.4, 0.5) is 0 Å². The fourth-order valence-electron chi connectivity index (χ4n) is 2.34. The van der Waals surface area contributed by atoms with Crippen molar-refractivity contribution in [3.8, 4) is 11.6 Å². The van der Waals surface area contributed by atoms with Gasteiger partial charge in [0.1, 0.15) is 6.33 Å². The maximum absolute atomic E-state index is 5.33. The molecular formula is C11H15N5O. The summed E-state index contributed by atoms with van der Waals surface area (Å²) >= 11 is 0. The summed E-state index contributed by atoms with van der Waals surface area (Å²) in [5.74, 6) is 2.23. The number of hydrogen-bond acceptors (Lipinski definition) is 5. The van der Waals surface area contributed by atoms with Gasteiger partial charge in [-0.05, 0) is 12.8 Å². The molecule has 2 aromatic heterocycles. The molecule has 0 spiro atoms. The van der Waals surface area contributed by atoms with Gasteiger partial charge in [0.2, 0.25) is 11.7 Å². The monoisotopic (exact) mass is 233 g/mol. The molecule has 1 aliphatic rings. The second kappa shape index (κ2) is 4.65. The van der Waals surface area contributed by atoms with Gasteiger partial charge in [-0.3, -0.25) is 5.10 Å². The third-order valence-corrected chi connectivity index (χ3v) is 3.27. The predicted molar refractivity (Wildman–Crippen MR) is 60.1 cm³/mol. The van der Waals surface area contributed by atoms with Gasteiger partial charge in [0.15, 0.2) is 5.82 Å². The molecule has 0 unspecified atom stereocenters. The molecule has 6 heteroatoms. The van der Waals surface area contributed by atoms with Crippen molar-refractivity contribution in [1.29, 1.82) is 0 Å². The van der Waals surface area contributed by atoms with Crippen LogP contribution in [0.3, 0.4) is 0 Å². The van der Waals surface area contributed by atoms with E-state index in [0.717, 1.165) is 18.7 Å². The fraction of sp³-hybridized carbons (Fsp3) is 0.636. The van der Waals surface area contributed by atoms with Crippen molar-refractivity contribution in [3.05, 3.63) is 12.2 Å². The molecule has 2 heterocycles. The topological polar surface area (TPSA) is 80.5 Å². The number of hydrogen-bond donors (Lipinski definition) is 1. The van der Waals surface area contributed by atoms with Crippen molar-refractivity contribution in [3.63, 3.8) is 0 Å². The maximum atomic E-state index is 5.33. The van der Waals surface area contributed by atoms with Gasteiger partial charge >= 0.3 is 0 Å². The zero-order valence-corrected chi connectivity index (χ0v) is 9.59. The van der Waals surface area contributed by atoms with Crippen molar-refractivity contribution in [1.82, 2.24) is 25.3 Å². The number of rotatable bonds is 2. The molecule has 0 bridgehead atoms. The molecular weight excluding hydrogens is 218 g/mol. The maximum Gasteiger partial charge on any atom is 0.239 e. The number of aromatic nitrogens is 5. The number of H-pyrrole nitrogens is 1. The van der Waals surface area contributed by atoms with Crippen LogP contribution in [0.1, 0.15) is 50.3 Å². The third-order valence-electron chi connectivity index (χ3n) is 3.27. The van der Waals surface area contributed by atoms with Crippen LogP contribution in [0.2, 0.25) is 0 Å². The summed E-state index contributed by atoms with van der Waals surface area (Å²) in [6.45, 7) is 0. The molecule has 0 aliphatic heterocycles. The van der Waals surface area contributed by atoms with E-state index in [2.05, 4.69) is 25.3 Å². The largest absolute Gasteiger partial charge is 0.339 e. The van der Waals surface area contributed by atoms with Gasteiger partial charge < -0.3 is 4.52 Å². The number of aromatic amines is 1. The van der Waals surface area contributed by atoms with Gasteiger partial charge in [0.05, 0.1) is 0 Å². The van der Waals surface area contributed by atoms with Crippen LogP contribution in [0, 0.1) is 0 Å². The Balaban J connectivity index is 1.79. The molecule has 0 amide bonds. The third kappa shape index (κ3) is 2.20. The van der Waals surface area contributed by atoms with Gasteiger partial charge in [-0.15, -0.1) is 0 Å². The molecule has 0 aromatic carbocycles. The summed E-state index contributed by atoms with van der Waals surface area (Å²) in [7, 11) is 0. The minimum Gasteiger partial charge on any atom is -0.339 e. The molecule has 0 radical (unpaired) electrons. The van der Waals surface area contributed by atoms with Gasteiger partial charge in [0, 0.05) is 5.92 Å². The molecule has 0 atom stereocenters. The Morgan fingerprint density at radius 2 is 2.00 bits per heavy atom. The van der Waals surface area contributed by atoms with Crippen molar-refractivity contribution in [2.45, 2.75) is 44.4 Å². The summed E-state index contributed by atoms with van der Waals surface area (Å²) in [5.41, 5.74) is 0. The van der Waals surface area contributed by atoms with Gasteiger partial charge in [-0.25, -0.2) is 4.98 Å². The van der Waals surface area contributed by atoms with E-state index < -0.39 is 0 Å². The average molecular weight is 233 g/mol. The second-order valence-corrected chi connectivity index (χ2v) is 4.48. The Kier molecular flexibility index (Phi) is 2.85. The molecule has 1 N–H and O–H groups in total. The first-order valence-corrected chi connectivity index (χ1v) is 6.13. The standard InChI is InChI=1S/C11H15N5O/c1-2-4-6-8(5-3-1)11-14-10(16-17-11)9-12-7-13-15-9/h7-8H,1-6H2,(H,12,13,15). The lowest BCUT2D eigenvalue weighted by Crippen LogP contribution is -1.97. The summed E-state index contributed by atoms with van der Waals surface area (Å²) in [6.07, 6.45) is 8.89. The Bertz CT molecular complexity index is 456. The Morgan fingerprint density at radius 1 is 1.18 bits per heavy atom. The number of nitrogens with zero attached hydrogens (tertiary/aromatic N) is 4. The quantitative estimate of drug-likeness (QED) is 0.805. The minimum absolute atomic E-state index is 0.418. The first kappa shape index (κ1) is 10.4. The zero-order chi connectivity index (χ0) is 11.5. The van der Waals surface area contributed by atoms with Gasteiger partial charge in [-0.2, -0.15) is 10.1 Å². The lowest BCUT2D eigenvalue weighted by atomic mass is 10.0. The highest BCUT2D eigenvalue weighted by Gasteiger charge is 2.21. The van der Waals surface area contributed by atoms with Crippen molar-refractivity contribution in [2.75, 3.05) is 0 Å². The summed E-state index contributed by atoms with van der Waals surface area (Å²) < 4.78 is 5.33. The lowest BCUT2D eigenvalue weighted by Gasteiger charge is -2.06. The van der Waals surface area contributed by atoms with Crippen molar-refractivity contribution in [2.24, 2.45) is 0 Å². The van der Waals surface area contributed by atoms with E-state index in [9.17, 15) is 0 Å². The smallest absolute Gasteiger partial charge is 0.239 e. The Labute approximate surface area is 98.8 Å². The SMILES string of the molecule is c1n[nH]c(-c2noc(C3CCCCCC3)n2)n1. The highest BCUT2D eigenvalue weighted by Crippen LogP contribution is 2.31. The van der Waals surface area contributed by atoms with Crippen LogP contribution in [0.5, 0.6) is 0 Å². The molecule has 2 aromatic rings. The van der Waals surface area contributed by atoms with E-state index in [1.54, 1.807) is 0 Å². The number of nitrogens with one attached hydrogen (secondary N) is 1. The Morgan fingerprint density at radius 3 is 2.71 bits per heavy atom. The second-order valence-electron chi connectivity index (χ2n) is 4.48. The van der Waals surface area contributed by atoms with Crippen LogP contribution >= 0.6 is 0 Å². The van der Waals surface area contributed by atoms with Crippen LogP contribution in [-0.2, 0) is 0 Å². The highest BCUT2D eigenvalue weighted by molar-refractivity contribution is 5.39. The van der Waals surface area contributed by atoms with Crippen LogP contribution < -0.4 is 0 Å². The summed E-state index contributed by atoms with van der Waals surface area (Å²) in [5, 5.41) is 10.5. The molecule has 1 aliphatic carbocycles. The predicted octanol–water partition coefficient (Wildman–Crippen LogP) is 2.29. The molecule has 1 saturated carbocycles. The molecule has 6 nitrogen and oxygen atoms in total. The van der Waals surface area contributed by atoms with Crippen LogP contribution in [0.25, 0.3) is 11.6 Å². The molecule has 1 fully saturated rings. The van der Waals surface area contributed by atoms with Crippen molar-refractivity contribution >= 4 is 0 Å². The summed E-state index contributed by atoms with van der Waals surface area (Å²) in [4.78, 5) is 8.42. The van der Waals surface area contributed by atoms with E-state index in [0.29, 0.717) is 17.6 Å². The average Bonchev–Trinajstić information content (AvgIpc) is 2.95. The normalized spacial score (nSPS) is 18.1. The first-order valence-electron chi connectivity index (χ1n) is 6.13. The van der Waals surface area contributed by atoms with Crippen LogP contribution in [0.15, 0.2) is 10.9 Å². The molecule has 90 valence electrons. The van der Waals surface area contributed by atoms with E-state index in [4.69, 9.17) is 4.52 Å². The minimum atomic E-state index is 0.418. The lowest BCUT2D eigenvalue weighted by molar-refractivity contribution is 0.340. The molecule has 3 rings (SSSR count). The molecule has 0 saturated heterocycles. The van der Waals surface area contributed by atoms with E-state index in [1.165, 1.54) is 32.0 Å². The fourth-order valence-corrected chi connectivity index (χ4v) is 2.34. The van der Waals surface area contributed by atoms with Gasteiger partial charge in [0.25, 0.3) is 0 Å². The van der Waals surface area contributed by atoms with Crippen molar-refractivity contribution < 1.29 is 4.52 Å². The van der Waals surface area contributed by atoms with E-state index in [-0.39, 0.29) is 0 Å². The Hall–Kier alpha value is -1.72. The van der Waals surface area contributed by atoms with E-state index >= 15 is 0 Å². The summed E-state index contributed by atoms with van der Waals surface area (Å²) in [6, 6.07) is 0. The molecule has 17 heavy (non-hydrogen) atoms. The zero-order valence-electron chi connectivity index (χ0n) is 9.59.